The molecule has 6 nitrogen and oxygen atoms in total. The van der Waals surface area contributed by atoms with Gasteiger partial charge in [-0.2, -0.15) is 5.10 Å². The molecule has 6 heteroatoms. The van der Waals surface area contributed by atoms with Gasteiger partial charge in [0.1, 0.15) is 0 Å². The van der Waals surface area contributed by atoms with Crippen molar-refractivity contribution in [3.8, 4) is 5.75 Å². The first-order valence-corrected chi connectivity index (χ1v) is 6.41. The number of carbonyl (C=O) groups excluding carboxylic acids is 1. The monoisotopic (exact) mass is 254 g/mol. The number of nitrogens with one attached hydrogen (secondary N) is 1. The molecule has 18 heavy (non-hydrogen) atoms. The van der Waals surface area contributed by atoms with Gasteiger partial charge < -0.3 is 4.74 Å². The predicted octanol–water partition coefficient (Wildman–Crippen LogP) is 1.22. The van der Waals surface area contributed by atoms with Crippen LogP contribution in [-0.4, -0.2) is 22.3 Å². The second kappa shape index (κ2) is 8.52. The van der Waals surface area contributed by atoms with Crippen molar-refractivity contribution < 1.29 is 9.53 Å². The standard InChI is InChI=1S/C12H22N4O2/c1-2-7-16-10-11(9-14-16)18-8-5-3-4-6-12(17)15-13/h9-10H,2-8,13H2,1H3,(H,15,17). The number of nitrogens with two attached hydrogens (primary N) is 1. The minimum atomic E-state index is -0.114. The fraction of sp³-hybridized carbons (Fsp3) is 0.667. The molecular formula is C12H22N4O2. The Kier molecular flexibility index (Phi) is 6.86. The number of ether oxygens (including phenoxy) is 1. The van der Waals surface area contributed by atoms with Gasteiger partial charge in [0, 0.05) is 13.0 Å². The zero-order valence-corrected chi connectivity index (χ0v) is 10.9. The number of hydrogen-bond acceptors (Lipinski definition) is 4. The molecule has 3 N–H and O–H groups in total. The summed E-state index contributed by atoms with van der Waals surface area (Å²) in [6, 6.07) is 0. The first kappa shape index (κ1) is 14.5. The second-order valence-corrected chi connectivity index (χ2v) is 4.17. The van der Waals surface area contributed by atoms with Crippen LogP contribution in [0.1, 0.15) is 39.0 Å². The zero-order chi connectivity index (χ0) is 13.2. The van der Waals surface area contributed by atoms with E-state index in [1.807, 2.05) is 10.9 Å². The molecule has 0 aliphatic carbocycles. The summed E-state index contributed by atoms with van der Waals surface area (Å²) >= 11 is 0. The zero-order valence-electron chi connectivity index (χ0n) is 10.9. The molecule has 0 radical (unpaired) electrons. The van der Waals surface area contributed by atoms with E-state index in [1.165, 1.54) is 0 Å². The van der Waals surface area contributed by atoms with Crippen LogP contribution in [0, 0.1) is 0 Å². The number of aromatic nitrogens is 2. The summed E-state index contributed by atoms with van der Waals surface area (Å²) in [7, 11) is 0. The highest BCUT2D eigenvalue weighted by Crippen LogP contribution is 2.10. The molecule has 1 aromatic heterocycles. The van der Waals surface area contributed by atoms with Gasteiger partial charge >= 0.3 is 0 Å². The molecule has 0 aliphatic heterocycles. The maximum atomic E-state index is 10.9. The quantitative estimate of drug-likeness (QED) is 0.300. The smallest absolute Gasteiger partial charge is 0.233 e. The maximum Gasteiger partial charge on any atom is 0.233 e. The van der Waals surface area contributed by atoms with Crippen LogP contribution in [0.15, 0.2) is 12.4 Å². The molecule has 1 rings (SSSR count). The largest absolute Gasteiger partial charge is 0.490 e. The lowest BCUT2D eigenvalue weighted by Gasteiger charge is -2.03. The first-order chi connectivity index (χ1) is 8.76. The van der Waals surface area contributed by atoms with Crippen LogP contribution in [0.25, 0.3) is 0 Å². The van der Waals surface area contributed by atoms with E-state index >= 15 is 0 Å². The predicted molar refractivity (Wildman–Crippen MR) is 68.8 cm³/mol. The Morgan fingerprint density at radius 2 is 2.33 bits per heavy atom. The van der Waals surface area contributed by atoms with Gasteiger partial charge in [0.15, 0.2) is 5.75 Å². The molecule has 102 valence electrons. The van der Waals surface area contributed by atoms with Crippen LogP contribution >= 0.6 is 0 Å². The van der Waals surface area contributed by atoms with Gasteiger partial charge in [0.2, 0.25) is 5.91 Å². The second-order valence-electron chi connectivity index (χ2n) is 4.17. The van der Waals surface area contributed by atoms with Gasteiger partial charge in [0.25, 0.3) is 0 Å². The van der Waals surface area contributed by atoms with Crippen molar-refractivity contribution in [2.75, 3.05) is 6.61 Å². The van der Waals surface area contributed by atoms with E-state index in [-0.39, 0.29) is 5.91 Å². The summed E-state index contributed by atoms with van der Waals surface area (Å²) in [5.74, 6) is 5.68. The molecule has 0 saturated heterocycles. The molecule has 0 saturated carbocycles. The number of hydrogen-bond donors (Lipinski definition) is 2. The third-order valence-corrected chi connectivity index (χ3v) is 2.54. The topological polar surface area (TPSA) is 82.2 Å². The Balaban J connectivity index is 2.05. The summed E-state index contributed by atoms with van der Waals surface area (Å²) in [5.41, 5.74) is 2.12. The number of hydrazine groups is 1. The highest BCUT2D eigenvalue weighted by Gasteiger charge is 2.00. The van der Waals surface area contributed by atoms with Crippen LogP contribution < -0.4 is 16.0 Å². The number of rotatable bonds is 9. The molecule has 0 fully saturated rings. The van der Waals surface area contributed by atoms with Crippen molar-refractivity contribution in [1.82, 2.24) is 15.2 Å². The molecule has 1 amide bonds. The molecule has 0 aliphatic rings. The van der Waals surface area contributed by atoms with E-state index < -0.39 is 0 Å². The van der Waals surface area contributed by atoms with Crippen molar-refractivity contribution in [1.29, 1.82) is 0 Å². The van der Waals surface area contributed by atoms with Crippen molar-refractivity contribution in [2.24, 2.45) is 5.84 Å². The van der Waals surface area contributed by atoms with E-state index in [2.05, 4.69) is 17.4 Å². The first-order valence-electron chi connectivity index (χ1n) is 6.41. The minimum Gasteiger partial charge on any atom is -0.490 e. The van der Waals surface area contributed by atoms with Gasteiger partial charge in [-0.05, 0) is 25.7 Å². The lowest BCUT2D eigenvalue weighted by atomic mass is 10.2. The summed E-state index contributed by atoms with van der Waals surface area (Å²) in [5, 5.41) is 4.18. The summed E-state index contributed by atoms with van der Waals surface area (Å²) in [6.45, 7) is 3.68. The molecule has 0 bridgehead atoms. The molecular weight excluding hydrogens is 232 g/mol. The van der Waals surface area contributed by atoms with Gasteiger partial charge in [-0.15, -0.1) is 0 Å². The summed E-state index contributed by atoms with van der Waals surface area (Å²) < 4.78 is 7.43. The highest BCUT2D eigenvalue weighted by atomic mass is 16.5. The number of carbonyl (C=O) groups is 1. The molecule has 1 aromatic rings. The fourth-order valence-corrected chi connectivity index (χ4v) is 1.60. The molecule has 1 heterocycles. The molecule has 0 spiro atoms. The lowest BCUT2D eigenvalue weighted by Crippen LogP contribution is -2.29. The Hall–Kier alpha value is -1.56. The van der Waals surface area contributed by atoms with Crippen LogP contribution in [0.4, 0.5) is 0 Å². The van der Waals surface area contributed by atoms with E-state index in [0.717, 1.165) is 38.0 Å². The average molecular weight is 254 g/mol. The van der Waals surface area contributed by atoms with Gasteiger partial charge in [-0.1, -0.05) is 6.92 Å². The van der Waals surface area contributed by atoms with Gasteiger partial charge in [-0.25, -0.2) is 5.84 Å². The van der Waals surface area contributed by atoms with Gasteiger partial charge in [-0.3, -0.25) is 14.9 Å². The van der Waals surface area contributed by atoms with E-state index in [1.54, 1.807) is 6.20 Å². The van der Waals surface area contributed by atoms with Crippen molar-refractivity contribution in [3.05, 3.63) is 12.4 Å². The lowest BCUT2D eigenvalue weighted by molar-refractivity contribution is -0.121. The minimum absolute atomic E-state index is 0.114. The Morgan fingerprint density at radius 3 is 3.06 bits per heavy atom. The molecule has 0 aromatic carbocycles. The Bertz CT molecular complexity index is 352. The third kappa shape index (κ3) is 5.67. The van der Waals surface area contributed by atoms with Crippen molar-refractivity contribution in [3.63, 3.8) is 0 Å². The number of aryl methyl sites for hydroxylation is 1. The maximum absolute atomic E-state index is 10.9. The molecule has 0 unspecified atom stereocenters. The third-order valence-electron chi connectivity index (χ3n) is 2.54. The fourth-order valence-electron chi connectivity index (χ4n) is 1.60. The SMILES string of the molecule is CCCn1cc(OCCCCCC(=O)NN)cn1. The van der Waals surface area contributed by atoms with Crippen LogP contribution in [0.5, 0.6) is 5.75 Å². The van der Waals surface area contributed by atoms with E-state index in [0.29, 0.717) is 13.0 Å². The van der Waals surface area contributed by atoms with Crippen LogP contribution in [0.3, 0.4) is 0 Å². The Morgan fingerprint density at radius 1 is 1.50 bits per heavy atom. The van der Waals surface area contributed by atoms with Gasteiger partial charge in [0.05, 0.1) is 19.0 Å². The molecule has 0 atom stereocenters. The van der Waals surface area contributed by atoms with Crippen LogP contribution in [-0.2, 0) is 11.3 Å². The Labute approximate surface area is 107 Å². The van der Waals surface area contributed by atoms with E-state index in [9.17, 15) is 4.79 Å². The number of amides is 1. The number of unbranched alkanes of at least 4 members (excludes halogenated alkanes) is 2. The summed E-state index contributed by atoms with van der Waals surface area (Å²) in [4.78, 5) is 10.9. The normalized spacial score (nSPS) is 10.3. The van der Waals surface area contributed by atoms with Crippen molar-refractivity contribution in [2.45, 2.75) is 45.6 Å². The van der Waals surface area contributed by atoms with E-state index in [4.69, 9.17) is 10.6 Å². The van der Waals surface area contributed by atoms with Crippen LogP contribution in [0.2, 0.25) is 0 Å². The number of nitrogens with zero attached hydrogens (tertiary/aromatic N) is 2. The highest BCUT2D eigenvalue weighted by molar-refractivity contribution is 5.74. The average Bonchev–Trinajstić information content (AvgIpc) is 2.81. The van der Waals surface area contributed by atoms with Crippen molar-refractivity contribution >= 4 is 5.91 Å². The summed E-state index contributed by atoms with van der Waals surface area (Å²) in [6.07, 6.45) is 7.90.